The zero-order valence-electron chi connectivity index (χ0n) is 10.4. The number of benzene rings is 1. The molecule has 1 aromatic heterocycles. The lowest BCUT2D eigenvalue weighted by Gasteiger charge is -2.16. The van der Waals surface area contributed by atoms with Crippen molar-refractivity contribution in [1.29, 1.82) is 0 Å². The van der Waals surface area contributed by atoms with Crippen molar-refractivity contribution in [2.45, 2.75) is 13.0 Å². The Labute approximate surface area is 110 Å². The van der Waals surface area contributed by atoms with Gasteiger partial charge in [-0.2, -0.15) is 5.10 Å². The largest absolute Gasteiger partial charge is 0.370 e. The number of aromatic nitrogens is 2. The number of aryl methyl sites for hydroxylation is 1. The summed E-state index contributed by atoms with van der Waals surface area (Å²) in [5.74, 6) is 5.70. The Balaban J connectivity index is 2.18. The molecule has 19 heavy (non-hydrogen) atoms. The molecule has 3 rings (SSSR count). The fourth-order valence-electron chi connectivity index (χ4n) is 2.32. The van der Waals surface area contributed by atoms with Gasteiger partial charge >= 0.3 is 0 Å². The van der Waals surface area contributed by atoms with Crippen LogP contribution in [0.4, 0.5) is 5.82 Å². The SMILES string of the molecule is NNC(=O)c1c(-c2ccccc2)nn2c1NCCC2. The molecule has 2 heterocycles. The first-order valence-corrected chi connectivity index (χ1v) is 6.22. The summed E-state index contributed by atoms with van der Waals surface area (Å²) < 4.78 is 1.83. The number of hydrazine groups is 1. The minimum atomic E-state index is -0.325. The normalized spacial score (nSPS) is 13.5. The highest BCUT2D eigenvalue weighted by molar-refractivity contribution is 6.04. The van der Waals surface area contributed by atoms with E-state index in [9.17, 15) is 4.79 Å². The summed E-state index contributed by atoms with van der Waals surface area (Å²) in [6.45, 7) is 1.64. The molecule has 0 saturated heterocycles. The zero-order chi connectivity index (χ0) is 13.2. The number of fused-ring (bicyclic) bond motifs is 1. The van der Waals surface area contributed by atoms with Gasteiger partial charge in [-0.25, -0.2) is 10.5 Å². The molecule has 0 bridgehead atoms. The van der Waals surface area contributed by atoms with Crippen LogP contribution in [0.5, 0.6) is 0 Å². The van der Waals surface area contributed by atoms with Gasteiger partial charge in [-0.05, 0) is 6.42 Å². The van der Waals surface area contributed by atoms with Gasteiger partial charge < -0.3 is 5.32 Å². The third kappa shape index (κ3) is 1.96. The smallest absolute Gasteiger partial charge is 0.271 e. The van der Waals surface area contributed by atoms with Crippen molar-refractivity contribution in [2.75, 3.05) is 11.9 Å². The third-order valence-electron chi connectivity index (χ3n) is 3.20. The zero-order valence-corrected chi connectivity index (χ0v) is 10.4. The predicted molar refractivity (Wildman–Crippen MR) is 72.4 cm³/mol. The number of carbonyl (C=O) groups excluding carboxylic acids is 1. The van der Waals surface area contributed by atoms with Crippen LogP contribution < -0.4 is 16.6 Å². The molecule has 98 valence electrons. The molecule has 1 aliphatic rings. The Morgan fingerprint density at radius 2 is 2.16 bits per heavy atom. The third-order valence-corrected chi connectivity index (χ3v) is 3.20. The van der Waals surface area contributed by atoms with Crippen molar-refractivity contribution in [2.24, 2.45) is 5.84 Å². The minimum absolute atomic E-state index is 0.325. The second-order valence-corrected chi connectivity index (χ2v) is 4.42. The predicted octanol–water partition coefficient (Wildman–Crippen LogP) is 0.969. The Morgan fingerprint density at radius 1 is 1.37 bits per heavy atom. The molecule has 0 atom stereocenters. The van der Waals surface area contributed by atoms with Crippen molar-refractivity contribution in [3.05, 3.63) is 35.9 Å². The molecule has 6 heteroatoms. The van der Waals surface area contributed by atoms with E-state index in [-0.39, 0.29) is 5.91 Å². The van der Waals surface area contributed by atoms with Crippen LogP contribution in [0.15, 0.2) is 30.3 Å². The molecule has 1 aliphatic heterocycles. The van der Waals surface area contributed by atoms with E-state index >= 15 is 0 Å². The van der Waals surface area contributed by atoms with Crippen molar-refractivity contribution in [1.82, 2.24) is 15.2 Å². The number of rotatable bonds is 2. The summed E-state index contributed by atoms with van der Waals surface area (Å²) in [6, 6.07) is 9.64. The van der Waals surface area contributed by atoms with Crippen LogP contribution >= 0.6 is 0 Å². The van der Waals surface area contributed by atoms with Gasteiger partial charge in [0.25, 0.3) is 5.91 Å². The van der Waals surface area contributed by atoms with E-state index in [1.54, 1.807) is 0 Å². The van der Waals surface area contributed by atoms with Crippen LogP contribution in [-0.2, 0) is 6.54 Å². The highest BCUT2D eigenvalue weighted by Gasteiger charge is 2.25. The van der Waals surface area contributed by atoms with Gasteiger partial charge in [0.15, 0.2) is 0 Å². The van der Waals surface area contributed by atoms with E-state index in [2.05, 4.69) is 15.8 Å². The van der Waals surface area contributed by atoms with Crippen molar-refractivity contribution >= 4 is 11.7 Å². The fraction of sp³-hybridized carbons (Fsp3) is 0.231. The monoisotopic (exact) mass is 257 g/mol. The summed E-state index contributed by atoms with van der Waals surface area (Å²) in [5.41, 5.74) is 4.27. The van der Waals surface area contributed by atoms with Gasteiger partial charge in [0.1, 0.15) is 17.1 Å². The van der Waals surface area contributed by atoms with Gasteiger partial charge in [-0.1, -0.05) is 30.3 Å². The van der Waals surface area contributed by atoms with E-state index in [1.165, 1.54) is 0 Å². The molecule has 0 radical (unpaired) electrons. The molecule has 0 fully saturated rings. The first-order chi connectivity index (χ1) is 9.31. The molecule has 0 spiro atoms. The first-order valence-electron chi connectivity index (χ1n) is 6.22. The Morgan fingerprint density at radius 3 is 2.89 bits per heavy atom. The van der Waals surface area contributed by atoms with E-state index in [0.29, 0.717) is 11.3 Å². The highest BCUT2D eigenvalue weighted by Crippen LogP contribution is 2.30. The Kier molecular flexibility index (Phi) is 2.92. The summed E-state index contributed by atoms with van der Waals surface area (Å²) in [6.07, 6.45) is 0.993. The maximum absolute atomic E-state index is 12.0. The van der Waals surface area contributed by atoms with Crippen LogP contribution in [0.1, 0.15) is 16.8 Å². The molecule has 0 saturated carbocycles. The number of nitrogens with zero attached hydrogens (tertiary/aromatic N) is 2. The average Bonchev–Trinajstić information content (AvgIpc) is 2.87. The molecule has 0 aliphatic carbocycles. The van der Waals surface area contributed by atoms with Crippen molar-refractivity contribution < 1.29 is 4.79 Å². The summed E-state index contributed by atoms with van der Waals surface area (Å²) in [4.78, 5) is 12.0. The maximum atomic E-state index is 12.0. The second kappa shape index (κ2) is 4.74. The topological polar surface area (TPSA) is 85.0 Å². The quantitative estimate of drug-likeness (QED) is 0.425. The van der Waals surface area contributed by atoms with Crippen LogP contribution in [0.3, 0.4) is 0 Å². The van der Waals surface area contributed by atoms with E-state index < -0.39 is 0 Å². The number of nitrogens with two attached hydrogens (primary N) is 1. The van der Waals surface area contributed by atoms with E-state index in [0.717, 1.165) is 30.9 Å². The Bertz CT molecular complexity index is 605. The number of carbonyl (C=O) groups is 1. The molecule has 1 aromatic carbocycles. The number of hydrogen-bond donors (Lipinski definition) is 3. The van der Waals surface area contributed by atoms with Gasteiger partial charge in [0.05, 0.1) is 0 Å². The second-order valence-electron chi connectivity index (χ2n) is 4.42. The average molecular weight is 257 g/mol. The lowest BCUT2D eigenvalue weighted by atomic mass is 10.1. The number of hydrogen-bond acceptors (Lipinski definition) is 4. The maximum Gasteiger partial charge on any atom is 0.271 e. The molecule has 2 aromatic rings. The van der Waals surface area contributed by atoms with Crippen LogP contribution in [0, 0.1) is 0 Å². The Hall–Kier alpha value is -2.34. The van der Waals surface area contributed by atoms with Crippen molar-refractivity contribution in [3.63, 3.8) is 0 Å². The lowest BCUT2D eigenvalue weighted by Crippen LogP contribution is -2.31. The molecule has 0 unspecified atom stereocenters. The molecule has 4 N–H and O–H groups in total. The number of nitrogen functional groups attached to an aromatic ring is 1. The summed E-state index contributed by atoms with van der Waals surface area (Å²) >= 11 is 0. The van der Waals surface area contributed by atoms with Gasteiger partial charge in [-0.15, -0.1) is 0 Å². The number of amides is 1. The van der Waals surface area contributed by atoms with Gasteiger partial charge in [0, 0.05) is 18.7 Å². The van der Waals surface area contributed by atoms with Gasteiger partial charge in [-0.3, -0.25) is 10.2 Å². The summed E-state index contributed by atoms with van der Waals surface area (Å²) in [7, 11) is 0. The lowest BCUT2D eigenvalue weighted by molar-refractivity contribution is 0.0955. The van der Waals surface area contributed by atoms with Crippen LogP contribution in [-0.4, -0.2) is 22.2 Å². The minimum Gasteiger partial charge on any atom is -0.370 e. The number of anilines is 1. The highest BCUT2D eigenvalue weighted by atomic mass is 16.2. The van der Waals surface area contributed by atoms with Crippen molar-refractivity contribution in [3.8, 4) is 11.3 Å². The van der Waals surface area contributed by atoms with Crippen LogP contribution in [0.2, 0.25) is 0 Å². The van der Waals surface area contributed by atoms with Crippen LogP contribution in [0.25, 0.3) is 11.3 Å². The number of nitrogens with one attached hydrogen (secondary N) is 2. The van der Waals surface area contributed by atoms with Gasteiger partial charge in [0.2, 0.25) is 0 Å². The van der Waals surface area contributed by atoms with E-state index in [4.69, 9.17) is 5.84 Å². The molecular formula is C13H15N5O. The standard InChI is InChI=1S/C13H15N5O/c14-16-13(19)10-11(9-5-2-1-3-6-9)17-18-8-4-7-15-12(10)18/h1-3,5-6,15H,4,7-8,14H2,(H,16,19). The first kappa shape index (κ1) is 11.7. The molecule has 1 amide bonds. The fourth-order valence-corrected chi connectivity index (χ4v) is 2.32. The molecule has 6 nitrogen and oxygen atoms in total. The summed E-state index contributed by atoms with van der Waals surface area (Å²) in [5, 5.41) is 7.75. The van der Waals surface area contributed by atoms with E-state index in [1.807, 2.05) is 35.0 Å². The molecular weight excluding hydrogens is 242 g/mol.